The van der Waals surface area contributed by atoms with Crippen LogP contribution in [0.5, 0.6) is 0 Å². The van der Waals surface area contributed by atoms with Crippen molar-refractivity contribution in [2.75, 3.05) is 6.54 Å². The smallest absolute Gasteiger partial charge is 0.0314 e. The number of hydrogen-bond donors (Lipinski definition) is 1. The molecule has 1 fully saturated rings. The second kappa shape index (κ2) is 7.66. The average Bonchev–Trinajstić information content (AvgIpc) is 2.64. The molecule has 1 N–H and O–H groups in total. The molecular weight excluding hydrogens is 306 g/mol. The zero-order valence-corrected chi connectivity index (χ0v) is 13.7. The van der Waals surface area contributed by atoms with Crippen LogP contribution in [0.15, 0.2) is 15.9 Å². The Kier molecular flexibility index (Phi) is 6.19. The third kappa shape index (κ3) is 4.07. The molecule has 0 amide bonds. The molecule has 0 saturated heterocycles. The number of hydrogen-bond acceptors (Lipinski definition) is 2. The van der Waals surface area contributed by atoms with Gasteiger partial charge >= 0.3 is 0 Å². The van der Waals surface area contributed by atoms with Crippen LogP contribution in [-0.2, 0) is 6.42 Å². The summed E-state index contributed by atoms with van der Waals surface area (Å²) in [6.45, 7) is 3.32. The largest absolute Gasteiger partial charge is 0.314 e. The first-order valence-electron chi connectivity index (χ1n) is 7.26. The topological polar surface area (TPSA) is 12.0 Å². The monoisotopic (exact) mass is 329 g/mol. The summed E-state index contributed by atoms with van der Waals surface area (Å²) in [4.78, 5) is 1.50. The minimum Gasteiger partial charge on any atom is -0.314 e. The van der Waals surface area contributed by atoms with E-state index in [1.54, 1.807) is 0 Å². The molecule has 1 aromatic rings. The Balaban J connectivity index is 2.00. The van der Waals surface area contributed by atoms with Gasteiger partial charge in [0.15, 0.2) is 0 Å². The lowest BCUT2D eigenvalue weighted by molar-refractivity contribution is 0.322. The van der Waals surface area contributed by atoms with E-state index in [9.17, 15) is 0 Å². The molecule has 1 aliphatic rings. The summed E-state index contributed by atoms with van der Waals surface area (Å²) < 4.78 is 1.30. The van der Waals surface area contributed by atoms with Crippen LogP contribution >= 0.6 is 27.3 Å². The first-order valence-corrected chi connectivity index (χ1v) is 8.93. The lowest BCUT2D eigenvalue weighted by atomic mass is 9.89. The molecule has 1 atom stereocenters. The zero-order chi connectivity index (χ0) is 12.8. The van der Waals surface area contributed by atoms with Crippen LogP contribution in [0.2, 0.25) is 0 Å². The maximum absolute atomic E-state index is 3.73. The number of halogens is 1. The maximum atomic E-state index is 3.73. The summed E-state index contributed by atoms with van der Waals surface area (Å²) in [6, 6.07) is 2.85. The minimum absolute atomic E-state index is 0.669. The molecule has 1 heterocycles. The first-order chi connectivity index (χ1) is 8.81. The Labute approximate surface area is 123 Å². The van der Waals surface area contributed by atoms with E-state index in [4.69, 9.17) is 0 Å². The summed E-state index contributed by atoms with van der Waals surface area (Å²) in [6.07, 6.45) is 9.77. The van der Waals surface area contributed by atoms with E-state index in [0.717, 1.165) is 12.5 Å². The summed E-state index contributed by atoms with van der Waals surface area (Å²) in [5, 5.41) is 5.92. The molecule has 18 heavy (non-hydrogen) atoms. The van der Waals surface area contributed by atoms with Crippen molar-refractivity contribution in [3.63, 3.8) is 0 Å². The van der Waals surface area contributed by atoms with E-state index >= 15 is 0 Å². The lowest BCUT2D eigenvalue weighted by Gasteiger charge is -2.27. The van der Waals surface area contributed by atoms with Crippen molar-refractivity contribution >= 4 is 27.3 Å². The fourth-order valence-corrected chi connectivity index (χ4v) is 4.63. The highest BCUT2D eigenvalue weighted by atomic mass is 79.9. The zero-order valence-electron chi connectivity index (χ0n) is 11.3. The summed E-state index contributed by atoms with van der Waals surface area (Å²) >= 11 is 5.55. The average molecular weight is 330 g/mol. The number of likely N-dealkylation sites (N-methyl/N-ethyl adjacent to an activating group) is 1. The van der Waals surface area contributed by atoms with Gasteiger partial charge in [-0.25, -0.2) is 0 Å². The molecule has 1 aromatic heterocycles. The van der Waals surface area contributed by atoms with E-state index < -0.39 is 0 Å². The van der Waals surface area contributed by atoms with Crippen molar-refractivity contribution in [2.45, 2.75) is 57.9 Å². The van der Waals surface area contributed by atoms with E-state index in [0.29, 0.717) is 6.04 Å². The molecule has 1 nitrogen and oxygen atoms in total. The van der Waals surface area contributed by atoms with Crippen LogP contribution in [0.3, 0.4) is 0 Å². The predicted octanol–water partition coefficient (Wildman–Crippen LogP) is 5.00. The second-order valence-corrected chi connectivity index (χ2v) is 7.17. The molecule has 3 heteroatoms. The Hall–Kier alpha value is 0.140. The second-order valence-electron chi connectivity index (χ2n) is 5.31. The van der Waals surface area contributed by atoms with Crippen LogP contribution in [-0.4, -0.2) is 12.6 Å². The molecule has 2 rings (SSSR count). The normalized spacial score (nSPS) is 19.7. The van der Waals surface area contributed by atoms with Crippen molar-refractivity contribution in [3.8, 4) is 0 Å². The van der Waals surface area contributed by atoms with Gasteiger partial charge in [-0.1, -0.05) is 32.6 Å². The van der Waals surface area contributed by atoms with E-state index in [1.165, 1.54) is 54.3 Å². The van der Waals surface area contributed by atoms with Gasteiger partial charge in [-0.2, -0.15) is 0 Å². The standard InChI is InChI=1S/C15H24BrNS/c1-2-17-14(11-15-13(16)9-10-18-15)12-7-5-3-4-6-8-12/h9-10,12,14,17H,2-8,11H2,1H3. The van der Waals surface area contributed by atoms with Gasteiger partial charge in [0.1, 0.15) is 0 Å². The third-order valence-electron chi connectivity index (χ3n) is 4.03. The van der Waals surface area contributed by atoms with Crippen molar-refractivity contribution in [2.24, 2.45) is 5.92 Å². The quantitative estimate of drug-likeness (QED) is 0.749. The summed E-state index contributed by atoms with van der Waals surface area (Å²) in [5.41, 5.74) is 0. The Bertz CT molecular complexity index is 342. The first kappa shape index (κ1) is 14.5. The van der Waals surface area contributed by atoms with Gasteiger partial charge in [-0.05, 0) is 59.1 Å². The summed E-state index contributed by atoms with van der Waals surface area (Å²) in [5.74, 6) is 0.876. The molecule has 0 spiro atoms. The Morgan fingerprint density at radius 1 is 1.33 bits per heavy atom. The van der Waals surface area contributed by atoms with Crippen LogP contribution in [0.25, 0.3) is 0 Å². The minimum atomic E-state index is 0.669. The highest BCUT2D eigenvalue weighted by molar-refractivity contribution is 9.10. The highest BCUT2D eigenvalue weighted by Crippen LogP contribution is 2.30. The molecule has 102 valence electrons. The summed E-state index contributed by atoms with van der Waals surface area (Å²) in [7, 11) is 0. The Morgan fingerprint density at radius 2 is 2.06 bits per heavy atom. The van der Waals surface area contributed by atoms with E-state index in [-0.39, 0.29) is 0 Å². The van der Waals surface area contributed by atoms with Crippen LogP contribution in [0.1, 0.15) is 50.3 Å². The molecule has 1 unspecified atom stereocenters. The van der Waals surface area contributed by atoms with Gasteiger partial charge in [0, 0.05) is 15.4 Å². The van der Waals surface area contributed by atoms with Crippen LogP contribution in [0, 0.1) is 5.92 Å². The molecule has 0 aliphatic heterocycles. The van der Waals surface area contributed by atoms with Crippen LogP contribution < -0.4 is 5.32 Å². The van der Waals surface area contributed by atoms with Gasteiger partial charge in [-0.15, -0.1) is 11.3 Å². The van der Waals surface area contributed by atoms with Crippen molar-refractivity contribution in [1.29, 1.82) is 0 Å². The van der Waals surface area contributed by atoms with Crippen molar-refractivity contribution in [1.82, 2.24) is 5.32 Å². The molecule has 1 saturated carbocycles. The number of thiophene rings is 1. The number of rotatable bonds is 5. The fourth-order valence-electron chi connectivity index (χ4n) is 3.05. The van der Waals surface area contributed by atoms with Crippen molar-refractivity contribution < 1.29 is 0 Å². The van der Waals surface area contributed by atoms with Gasteiger partial charge in [0.2, 0.25) is 0 Å². The molecule has 1 aliphatic carbocycles. The molecular formula is C15H24BrNS. The van der Waals surface area contributed by atoms with E-state index in [2.05, 4.69) is 39.6 Å². The fraction of sp³-hybridized carbons (Fsp3) is 0.733. The molecule has 0 bridgehead atoms. The maximum Gasteiger partial charge on any atom is 0.0314 e. The van der Waals surface area contributed by atoms with Gasteiger partial charge in [0.25, 0.3) is 0 Å². The van der Waals surface area contributed by atoms with Gasteiger partial charge in [0.05, 0.1) is 0 Å². The SMILES string of the molecule is CCNC(Cc1sccc1Br)C1CCCCCC1. The third-order valence-corrected chi connectivity index (χ3v) is 5.98. The van der Waals surface area contributed by atoms with Gasteiger partial charge < -0.3 is 5.32 Å². The van der Waals surface area contributed by atoms with Crippen molar-refractivity contribution in [3.05, 3.63) is 20.8 Å². The molecule has 0 aromatic carbocycles. The van der Waals surface area contributed by atoms with Gasteiger partial charge in [-0.3, -0.25) is 0 Å². The lowest BCUT2D eigenvalue weighted by Crippen LogP contribution is -2.37. The highest BCUT2D eigenvalue weighted by Gasteiger charge is 2.23. The van der Waals surface area contributed by atoms with Crippen LogP contribution in [0.4, 0.5) is 0 Å². The Morgan fingerprint density at radius 3 is 2.61 bits per heavy atom. The molecule has 0 radical (unpaired) electrons. The van der Waals surface area contributed by atoms with E-state index in [1.807, 2.05) is 11.3 Å². The number of nitrogens with one attached hydrogen (secondary N) is 1. The predicted molar refractivity (Wildman–Crippen MR) is 84.4 cm³/mol.